The van der Waals surface area contributed by atoms with Gasteiger partial charge in [0.2, 0.25) is 0 Å². The molecule has 0 bridgehead atoms. The van der Waals surface area contributed by atoms with E-state index < -0.39 is 17.4 Å². The van der Waals surface area contributed by atoms with E-state index in [2.05, 4.69) is 4.98 Å². The molecule has 0 aliphatic carbocycles. The molecule has 3 rings (SSSR count). The molecular formula is C23H24N4O3. The van der Waals surface area contributed by atoms with Gasteiger partial charge in [-0.25, -0.2) is 9.59 Å². The Balaban J connectivity index is 2.10. The zero-order valence-electron chi connectivity index (χ0n) is 17.3. The van der Waals surface area contributed by atoms with Crippen molar-refractivity contribution < 1.29 is 9.53 Å². The summed E-state index contributed by atoms with van der Waals surface area (Å²) in [6.07, 6.45) is -0.635. The summed E-state index contributed by atoms with van der Waals surface area (Å²) in [7, 11) is 0. The molecule has 1 aromatic heterocycles. The van der Waals surface area contributed by atoms with E-state index in [1.54, 1.807) is 20.8 Å². The van der Waals surface area contributed by atoms with Crippen LogP contribution in [0.15, 0.2) is 65.5 Å². The zero-order chi connectivity index (χ0) is 21.7. The lowest BCUT2D eigenvalue weighted by Gasteiger charge is -2.28. The lowest BCUT2D eigenvalue weighted by molar-refractivity contribution is 0.0575. The molecule has 1 amide bonds. The van der Waals surface area contributed by atoms with Crippen molar-refractivity contribution in [2.45, 2.75) is 39.5 Å². The summed E-state index contributed by atoms with van der Waals surface area (Å²) in [4.78, 5) is 29.7. The maximum atomic E-state index is 13.1. The maximum Gasteiger partial charge on any atom is 0.416 e. The number of nitriles is 1. The summed E-state index contributed by atoms with van der Waals surface area (Å²) in [5.41, 5.74) is 0.518. The number of amides is 1. The molecule has 0 aliphatic rings. The largest absolute Gasteiger partial charge is 0.443 e. The van der Waals surface area contributed by atoms with Gasteiger partial charge in [-0.15, -0.1) is 0 Å². The lowest BCUT2D eigenvalue weighted by atomic mass is 10.2. The molecule has 0 radical (unpaired) electrons. The van der Waals surface area contributed by atoms with Gasteiger partial charge in [0, 0.05) is 0 Å². The molecule has 0 fully saturated rings. The molecule has 7 heteroatoms. The number of nitrogens with one attached hydrogen (secondary N) is 1. The molecule has 0 aliphatic heterocycles. The van der Waals surface area contributed by atoms with Crippen molar-refractivity contribution in [3.63, 3.8) is 0 Å². The Morgan fingerprint density at radius 2 is 1.63 bits per heavy atom. The van der Waals surface area contributed by atoms with Crippen LogP contribution >= 0.6 is 0 Å². The Hall–Kier alpha value is -3.79. The van der Waals surface area contributed by atoms with Gasteiger partial charge < -0.3 is 4.74 Å². The minimum atomic E-state index is -0.736. The minimum Gasteiger partial charge on any atom is -0.443 e. The van der Waals surface area contributed by atoms with Crippen molar-refractivity contribution in [3.05, 3.63) is 88.0 Å². The number of carbonyl (C=O) groups excluding carboxylic acids is 1. The smallest absolute Gasteiger partial charge is 0.416 e. The first-order chi connectivity index (χ1) is 14.3. The molecule has 3 aromatic rings. The maximum absolute atomic E-state index is 13.1. The monoisotopic (exact) mass is 404 g/mol. The van der Waals surface area contributed by atoms with Crippen LogP contribution < -0.4 is 10.6 Å². The van der Waals surface area contributed by atoms with Gasteiger partial charge in [-0.05, 0) is 31.9 Å². The number of nitrogens with zero attached hydrogens (tertiary/aromatic N) is 3. The van der Waals surface area contributed by atoms with Crippen molar-refractivity contribution >= 4 is 11.9 Å². The Morgan fingerprint density at radius 3 is 2.17 bits per heavy atom. The van der Waals surface area contributed by atoms with Crippen LogP contribution in [0.3, 0.4) is 0 Å². The fraction of sp³-hybridized carbons (Fsp3) is 0.261. The minimum absolute atomic E-state index is 0.0118. The number of carbonyl (C=O) groups is 1. The van der Waals surface area contributed by atoms with Gasteiger partial charge >= 0.3 is 11.8 Å². The Bertz CT molecular complexity index is 1100. The van der Waals surface area contributed by atoms with Crippen molar-refractivity contribution in [1.82, 2.24) is 9.55 Å². The number of hydrogen-bond acceptors (Lipinski definition) is 4. The number of rotatable bonds is 5. The first-order valence-electron chi connectivity index (χ1n) is 9.60. The molecule has 154 valence electrons. The van der Waals surface area contributed by atoms with Gasteiger partial charge in [-0.3, -0.25) is 14.5 Å². The first kappa shape index (κ1) is 20.9. The summed E-state index contributed by atoms with van der Waals surface area (Å²) in [5.74, 6) is 0.185. The van der Waals surface area contributed by atoms with Gasteiger partial charge in [0.25, 0.3) is 0 Å². The second kappa shape index (κ2) is 8.70. The van der Waals surface area contributed by atoms with Gasteiger partial charge in [0.15, 0.2) is 11.5 Å². The average molecular weight is 404 g/mol. The van der Waals surface area contributed by atoms with Crippen molar-refractivity contribution in [1.29, 1.82) is 5.26 Å². The predicted molar refractivity (Wildman–Crippen MR) is 114 cm³/mol. The summed E-state index contributed by atoms with van der Waals surface area (Å²) in [5, 5.41) is 9.64. The van der Waals surface area contributed by atoms with Crippen LogP contribution in [-0.2, 0) is 17.8 Å². The predicted octanol–water partition coefficient (Wildman–Crippen LogP) is 4.04. The third kappa shape index (κ3) is 4.97. The van der Waals surface area contributed by atoms with Crippen LogP contribution in [0.4, 0.5) is 10.6 Å². The highest BCUT2D eigenvalue weighted by Crippen LogP contribution is 2.24. The molecule has 0 saturated heterocycles. The van der Waals surface area contributed by atoms with E-state index in [-0.39, 0.29) is 24.6 Å². The van der Waals surface area contributed by atoms with Crippen LogP contribution in [0.25, 0.3) is 0 Å². The number of ether oxygens (including phenoxy) is 1. The van der Waals surface area contributed by atoms with E-state index in [1.807, 2.05) is 66.7 Å². The summed E-state index contributed by atoms with van der Waals surface area (Å²) >= 11 is 0. The van der Waals surface area contributed by atoms with Crippen LogP contribution in [0, 0.1) is 11.3 Å². The number of benzene rings is 2. The standard InChI is InChI=1S/C23H24N4O3/c1-23(2,3)30-22(29)27(16-18-12-8-5-9-13-18)20-19(14-24)25-21(28)26(20)15-17-10-6-4-7-11-17/h4-13H,15-16H2,1-3H3,(H,25,28). The van der Waals surface area contributed by atoms with Crippen LogP contribution in [0.2, 0.25) is 0 Å². The fourth-order valence-electron chi connectivity index (χ4n) is 3.04. The van der Waals surface area contributed by atoms with E-state index >= 15 is 0 Å². The summed E-state index contributed by atoms with van der Waals surface area (Å²) < 4.78 is 6.98. The van der Waals surface area contributed by atoms with Crippen LogP contribution in [0.5, 0.6) is 0 Å². The van der Waals surface area contributed by atoms with Gasteiger partial charge in [-0.1, -0.05) is 60.7 Å². The molecule has 1 N–H and O–H groups in total. The second-order valence-corrected chi connectivity index (χ2v) is 7.86. The number of imidazole rings is 1. The quantitative estimate of drug-likeness (QED) is 0.695. The van der Waals surface area contributed by atoms with E-state index in [4.69, 9.17) is 4.74 Å². The second-order valence-electron chi connectivity index (χ2n) is 7.86. The first-order valence-corrected chi connectivity index (χ1v) is 9.60. The summed E-state index contributed by atoms with van der Waals surface area (Å²) in [6, 6.07) is 20.7. The van der Waals surface area contributed by atoms with Crippen molar-refractivity contribution in [3.8, 4) is 6.07 Å². The molecule has 0 spiro atoms. The lowest BCUT2D eigenvalue weighted by Crippen LogP contribution is -2.38. The Labute approximate surface area is 175 Å². The molecule has 7 nitrogen and oxygen atoms in total. The van der Waals surface area contributed by atoms with Crippen LogP contribution in [0.1, 0.15) is 37.6 Å². The highest BCUT2D eigenvalue weighted by molar-refractivity contribution is 5.88. The Morgan fingerprint density at radius 1 is 1.07 bits per heavy atom. The number of aromatic nitrogens is 2. The molecule has 2 aromatic carbocycles. The van der Waals surface area contributed by atoms with E-state index in [1.165, 1.54) is 9.47 Å². The van der Waals surface area contributed by atoms with Crippen LogP contribution in [-0.4, -0.2) is 21.2 Å². The van der Waals surface area contributed by atoms with Gasteiger partial charge in [0.05, 0.1) is 13.1 Å². The van der Waals surface area contributed by atoms with E-state index in [0.29, 0.717) is 0 Å². The number of H-pyrrole nitrogens is 1. The summed E-state index contributed by atoms with van der Waals surface area (Å²) in [6.45, 7) is 5.67. The highest BCUT2D eigenvalue weighted by Gasteiger charge is 2.29. The third-order valence-electron chi connectivity index (χ3n) is 4.30. The molecule has 30 heavy (non-hydrogen) atoms. The third-order valence-corrected chi connectivity index (χ3v) is 4.30. The van der Waals surface area contributed by atoms with Crippen molar-refractivity contribution in [2.24, 2.45) is 0 Å². The van der Waals surface area contributed by atoms with E-state index in [0.717, 1.165) is 11.1 Å². The fourth-order valence-corrected chi connectivity index (χ4v) is 3.04. The SMILES string of the molecule is CC(C)(C)OC(=O)N(Cc1ccccc1)c1c(C#N)[nH]c(=O)n1Cc1ccccc1. The normalized spacial score (nSPS) is 11.0. The topological polar surface area (TPSA) is 91.1 Å². The molecule has 0 unspecified atom stereocenters. The number of hydrogen-bond donors (Lipinski definition) is 1. The Kier molecular flexibility index (Phi) is 6.07. The van der Waals surface area contributed by atoms with Crippen molar-refractivity contribution in [2.75, 3.05) is 4.90 Å². The average Bonchev–Trinajstić information content (AvgIpc) is 3.01. The molecular weight excluding hydrogens is 380 g/mol. The number of anilines is 1. The van der Waals surface area contributed by atoms with E-state index in [9.17, 15) is 14.9 Å². The molecule has 1 heterocycles. The number of aromatic amines is 1. The highest BCUT2D eigenvalue weighted by atomic mass is 16.6. The van der Waals surface area contributed by atoms with Gasteiger partial charge in [-0.2, -0.15) is 5.26 Å². The van der Waals surface area contributed by atoms with Gasteiger partial charge in [0.1, 0.15) is 11.7 Å². The zero-order valence-corrected chi connectivity index (χ0v) is 17.3. The molecule has 0 saturated carbocycles. The molecule has 0 atom stereocenters.